The molecule has 0 aromatic heterocycles. The second kappa shape index (κ2) is 5.65. The normalized spacial score (nSPS) is 12.9. The van der Waals surface area contributed by atoms with Crippen LogP contribution in [0.15, 0.2) is 34.3 Å². The number of halogens is 1. The Morgan fingerprint density at radius 3 is 2.50 bits per heavy atom. The minimum atomic E-state index is 0.170. The second-order valence-electron chi connectivity index (χ2n) is 5.12. The molecule has 1 nitrogen and oxygen atoms in total. The molecule has 2 heteroatoms. The van der Waals surface area contributed by atoms with Crippen LogP contribution in [0.3, 0.4) is 0 Å². The maximum Gasteiger partial charge on any atom is 0.0247 e. The predicted molar refractivity (Wildman–Crippen MR) is 75.5 cm³/mol. The lowest BCUT2D eigenvalue weighted by Crippen LogP contribution is -2.36. The predicted octanol–water partition coefficient (Wildman–Crippen LogP) is 4.24. The lowest BCUT2D eigenvalue weighted by Gasteiger charge is -2.20. The van der Waals surface area contributed by atoms with Gasteiger partial charge >= 0.3 is 0 Å². The molecule has 0 unspecified atom stereocenters. The Morgan fingerprint density at radius 1 is 1.31 bits per heavy atom. The molecule has 0 amide bonds. The van der Waals surface area contributed by atoms with Crippen molar-refractivity contribution in [3.8, 4) is 0 Å². The Bertz CT molecular complexity index is 375. The molecule has 0 fully saturated rings. The van der Waals surface area contributed by atoms with Gasteiger partial charge in [-0.15, -0.1) is 0 Å². The van der Waals surface area contributed by atoms with Crippen molar-refractivity contribution in [3.05, 3.63) is 39.9 Å². The van der Waals surface area contributed by atoms with Gasteiger partial charge in [0.15, 0.2) is 0 Å². The number of nitrogens with one attached hydrogen (secondary N) is 1. The van der Waals surface area contributed by atoms with Crippen LogP contribution in [0.5, 0.6) is 0 Å². The zero-order valence-electron chi connectivity index (χ0n) is 10.5. The summed E-state index contributed by atoms with van der Waals surface area (Å²) in [4.78, 5) is 0. The van der Waals surface area contributed by atoms with Crippen LogP contribution in [0.4, 0.5) is 0 Å². The molecular formula is C14H20BrN. The molecule has 88 valence electrons. The molecule has 0 saturated heterocycles. The highest BCUT2D eigenvalue weighted by Gasteiger charge is 2.07. The third-order valence-corrected chi connectivity index (χ3v) is 2.93. The first-order chi connectivity index (χ1) is 7.38. The van der Waals surface area contributed by atoms with Crippen molar-refractivity contribution in [2.75, 3.05) is 6.54 Å². The van der Waals surface area contributed by atoms with E-state index >= 15 is 0 Å². The minimum absolute atomic E-state index is 0.170. The molecule has 0 spiro atoms. The Labute approximate surface area is 107 Å². The number of hydrogen-bond donors (Lipinski definition) is 1. The molecule has 0 bridgehead atoms. The molecule has 1 aromatic carbocycles. The van der Waals surface area contributed by atoms with Gasteiger partial charge in [-0.2, -0.15) is 0 Å². The summed E-state index contributed by atoms with van der Waals surface area (Å²) < 4.78 is 1.14. The molecule has 0 aliphatic rings. The second-order valence-corrected chi connectivity index (χ2v) is 5.97. The Morgan fingerprint density at radius 2 is 1.94 bits per heavy atom. The van der Waals surface area contributed by atoms with Gasteiger partial charge in [0.05, 0.1) is 0 Å². The van der Waals surface area contributed by atoms with E-state index in [0.717, 1.165) is 11.0 Å². The van der Waals surface area contributed by atoms with E-state index in [0.29, 0.717) is 0 Å². The van der Waals surface area contributed by atoms with E-state index in [4.69, 9.17) is 0 Å². The smallest absolute Gasteiger partial charge is 0.0247 e. The average molecular weight is 282 g/mol. The maximum absolute atomic E-state index is 3.55. The molecule has 0 saturated carbocycles. The van der Waals surface area contributed by atoms with Crippen LogP contribution in [0.1, 0.15) is 33.3 Å². The van der Waals surface area contributed by atoms with Gasteiger partial charge in [0, 0.05) is 16.6 Å². The Hall–Kier alpha value is -0.600. The molecule has 0 aliphatic carbocycles. The topological polar surface area (TPSA) is 12.0 Å². The molecule has 1 aromatic rings. The van der Waals surface area contributed by atoms with E-state index in [1.54, 1.807) is 0 Å². The van der Waals surface area contributed by atoms with Crippen LogP contribution < -0.4 is 5.32 Å². The van der Waals surface area contributed by atoms with E-state index in [9.17, 15) is 0 Å². The van der Waals surface area contributed by atoms with Gasteiger partial charge in [-0.1, -0.05) is 45.8 Å². The average Bonchev–Trinajstić information content (AvgIpc) is 2.18. The van der Waals surface area contributed by atoms with E-state index in [1.807, 2.05) is 6.07 Å². The Kier molecular flexibility index (Phi) is 4.75. The van der Waals surface area contributed by atoms with Gasteiger partial charge in [-0.3, -0.25) is 0 Å². The zero-order chi connectivity index (χ0) is 12.2. The van der Waals surface area contributed by atoms with Crippen LogP contribution >= 0.6 is 15.9 Å². The lowest BCUT2D eigenvalue weighted by atomic mass is 10.1. The van der Waals surface area contributed by atoms with Crippen molar-refractivity contribution >= 4 is 22.0 Å². The third kappa shape index (κ3) is 4.95. The molecule has 1 N–H and O–H groups in total. The number of hydrogen-bond acceptors (Lipinski definition) is 1. The van der Waals surface area contributed by atoms with Crippen molar-refractivity contribution in [3.63, 3.8) is 0 Å². The van der Waals surface area contributed by atoms with E-state index in [-0.39, 0.29) is 5.54 Å². The van der Waals surface area contributed by atoms with E-state index < -0.39 is 0 Å². The first kappa shape index (κ1) is 13.5. The highest BCUT2D eigenvalue weighted by Crippen LogP contribution is 2.18. The van der Waals surface area contributed by atoms with Gasteiger partial charge < -0.3 is 5.32 Å². The van der Waals surface area contributed by atoms with Crippen LogP contribution in [0.2, 0.25) is 0 Å². The lowest BCUT2D eigenvalue weighted by molar-refractivity contribution is 0.445. The summed E-state index contributed by atoms with van der Waals surface area (Å²) in [6.07, 6.45) is 2.21. The van der Waals surface area contributed by atoms with Crippen LogP contribution in [0, 0.1) is 0 Å². The molecule has 1 rings (SSSR count). The third-order valence-electron chi connectivity index (χ3n) is 2.20. The molecule has 0 radical (unpaired) electrons. The monoisotopic (exact) mass is 281 g/mol. The quantitative estimate of drug-likeness (QED) is 0.874. The maximum atomic E-state index is 3.55. The van der Waals surface area contributed by atoms with Crippen LogP contribution in [0.25, 0.3) is 6.08 Å². The molecule has 0 atom stereocenters. The highest BCUT2D eigenvalue weighted by atomic mass is 79.9. The summed E-state index contributed by atoms with van der Waals surface area (Å²) in [5.74, 6) is 0. The van der Waals surface area contributed by atoms with E-state index in [1.165, 1.54) is 11.1 Å². The zero-order valence-corrected chi connectivity index (χ0v) is 12.1. The molecular weight excluding hydrogens is 262 g/mol. The number of rotatable bonds is 3. The first-order valence-corrected chi connectivity index (χ1v) is 6.34. The summed E-state index contributed by atoms with van der Waals surface area (Å²) in [5.41, 5.74) is 2.74. The fraction of sp³-hybridized carbons (Fsp3) is 0.429. The largest absolute Gasteiger partial charge is 0.308 e. The van der Waals surface area contributed by atoms with Crippen molar-refractivity contribution in [1.82, 2.24) is 5.32 Å². The van der Waals surface area contributed by atoms with Gasteiger partial charge in [0.1, 0.15) is 0 Å². The molecule has 0 heterocycles. The molecule has 0 aliphatic heterocycles. The standard InChI is InChI=1S/C14H20BrN/c1-11(10-16-14(2,3)4)9-12-7-5-6-8-13(12)15/h5-9,16H,10H2,1-4H3. The molecule has 16 heavy (non-hydrogen) atoms. The van der Waals surface area contributed by atoms with E-state index in [2.05, 4.69) is 73.2 Å². The Balaban J connectivity index is 2.67. The van der Waals surface area contributed by atoms with Crippen molar-refractivity contribution < 1.29 is 0 Å². The van der Waals surface area contributed by atoms with Gasteiger partial charge in [-0.05, 0) is 39.3 Å². The summed E-state index contributed by atoms with van der Waals surface area (Å²) in [5, 5.41) is 3.48. The van der Waals surface area contributed by atoms with Crippen LogP contribution in [-0.4, -0.2) is 12.1 Å². The number of benzene rings is 1. The van der Waals surface area contributed by atoms with Gasteiger partial charge in [0.25, 0.3) is 0 Å². The van der Waals surface area contributed by atoms with Crippen molar-refractivity contribution in [2.24, 2.45) is 0 Å². The van der Waals surface area contributed by atoms with Crippen molar-refractivity contribution in [1.29, 1.82) is 0 Å². The van der Waals surface area contributed by atoms with Crippen LogP contribution in [-0.2, 0) is 0 Å². The highest BCUT2D eigenvalue weighted by molar-refractivity contribution is 9.10. The van der Waals surface area contributed by atoms with Crippen molar-refractivity contribution in [2.45, 2.75) is 33.2 Å². The summed E-state index contributed by atoms with van der Waals surface area (Å²) in [6, 6.07) is 8.27. The summed E-state index contributed by atoms with van der Waals surface area (Å²) >= 11 is 3.55. The SMILES string of the molecule is CC(=Cc1ccccc1Br)CNC(C)(C)C. The first-order valence-electron chi connectivity index (χ1n) is 5.55. The summed E-state index contributed by atoms with van der Waals surface area (Å²) in [7, 11) is 0. The fourth-order valence-electron chi connectivity index (χ4n) is 1.31. The summed E-state index contributed by atoms with van der Waals surface area (Å²) in [6.45, 7) is 9.61. The van der Waals surface area contributed by atoms with Gasteiger partial charge in [-0.25, -0.2) is 0 Å². The minimum Gasteiger partial charge on any atom is -0.308 e. The van der Waals surface area contributed by atoms with Gasteiger partial charge in [0.2, 0.25) is 0 Å². The fourth-order valence-corrected chi connectivity index (χ4v) is 1.71.